The van der Waals surface area contributed by atoms with Crippen molar-refractivity contribution in [2.24, 2.45) is 14.1 Å². The van der Waals surface area contributed by atoms with Gasteiger partial charge in [-0.05, 0) is 36.4 Å². The summed E-state index contributed by atoms with van der Waals surface area (Å²) in [6, 6.07) is 10.1. The molecule has 1 N–H and O–H groups in total. The first-order valence-electron chi connectivity index (χ1n) is 9.08. The smallest absolute Gasteiger partial charge is 0.328 e. The number of sulfonamides is 1. The Kier molecular flexibility index (Phi) is 5.05. The SMILES string of the molecule is Cn1c(=O)n(C)c2cc(S(=O)(=O)Nc3ccc(N4CCOCC4)cc3)c(Cl)cc21. The Labute approximate surface area is 173 Å². The van der Waals surface area contributed by atoms with Crippen LogP contribution < -0.4 is 15.3 Å². The van der Waals surface area contributed by atoms with E-state index in [1.54, 1.807) is 26.2 Å². The Morgan fingerprint density at radius 1 is 1.00 bits per heavy atom. The third-order valence-electron chi connectivity index (χ3n) is 5.11. The number of nitrogens with zero attached hydrogens (tertiary/aromatic N) is 3. The summed E-state index contributed by atoms with van der Waals surface area (Å²) in [6.45, 7) is 2.96. The lowest BCUT2D eigenvalue weighted by atomic mass is 10.2. The van der Waals surface area contributed by atoms with E-state index in [0.717, 1.165) is 18.8 Å². The average molecular weight is 437 g/mol. The molecule has 29 heavy (non-hydrogen) atoms. The average Bonchev–Trinajstić information content (AvgIpc) is 2.92. The molecule has 8 nitrogen and oxygen atoms in total. The number of morpholine rings is 1. The molecule has 1 saturated heterocycles. The first kappa shape index (κ1) is 19.8. The number of nitrogens with one attached hydrogen (secondary N) is 1. The summed E-state index contributed by atoms with van der Waals surface area (Å²) < 4.78 is 36.6. The highest BCUT2D eigenvalue weighted by Crippen LogP contribution is 2.29. The van der Waals surface area contributed by atoms with Gasteiger partial charge in [-0.15, -0.1) is 0 Å². The van der Waals surface area contributed by atoms with Crippen LogP contribution in [-0.2, 0) is 28.9 Å². The standard InChI is InChI=1S/C19H21ClN4O4S/c1-22-16-11-15(20)18(12-17(16)23(2)19(22)25)29(26,27)21-13-3-5-14(6-4-13)24-7-9-28-10-8-24/h3-6,11-12,21H,7-10H2,1-2H3. The molecule has 10 heteroatoms. The van der Waals surface area contributed by atoms with Crippen molar-refractivity contribution >= 4 is 44.0 Å². The van der Waals surface area contributed by atoms with Crippen LogP contribution in [0.2, 0.25) is 5.02 Å². The van der Waals surface area contributed by atoms with Crippen molar-refractivity contribution in [3.8, 4) is 0 Å². The van der Waals surface area contributed by atoms with Crippen molar-refractivity contribution < 1.29 is 13.2 Å². The van der Waals surface area contributed by atoms with Gasteiger partial charge in [0.25, 0.3) is 10.0 Å². The van der Waals surface area contributed by atoms with Gasteiger partial charge in [-0.2, -0.15) is 0 Å². The van der Waals surface area contributed by atoms with E-state index >= 15 is 0 Å². The quantitative estimate of drug-likeness (QED) is 0.677. The molecule has 1 aromatic heterocycles. The number of halogens is 1. The summed E-state index contributed by atoms with van der Waals surface area (Å²) >= 11 is 6.25. The third-order valence-corrected chi connectivity index (χ3v) is 6.96. The lowest BCUT2D eigenvalue weighted by molar-refractivity contribution is 0.122. The van der Waals surface area contributed by atoms with Crippen LogP contribution in [0.3, 0.4) is 0 Å². The van der Waals surface area contributed by atoms with Crippen molar-refractivity contribution in [3.05, 3.63) is 51.9 Å². The Bertz CT molecular complexity index is 1230. The topological polar surface area (TPSA) is 85.6 Å². The molecular weight excluding hydrogens is 416 g/mol. The minimum Gasteiger partial charge on any atom is -0.378 e. The highest BCUT2D eigenvalue weighted by molar-refractivity contribution is 7.92. The summed E-state index contributed by atoms with van der Waals surface area (Å²) in [7, 11) is -0.729. The maximum Gasteiger partial charge on any atom is 0.328 e. The van der Waals surface area contributed by atoms with E-state index in [1.165, 1.54) is 21.3 Å². The van der Waals surface area contributed by atoms with Crippen molar-refractivity contribution in [3.63, 3.8) is 0 Å². The summed E-state index contributed by atoms with van der Waals surface area (Å²) in [4.78, 5) is 14.2. The second-order valence-electron chi connectivity index (χ2n) is 6.92. The second-order valence-corrected chi connectivity index (χ2v) is 8.98. The largest absolute Gasteiger partial charge is 0.378 e. The summed E-state index contributed by atoms with van der Waals surface area (Å²) in [5.41, 5.74) is 2.24. The summed E-state index contributed by atoms with van der Waals surface area (Å²) in [6.07, 6.45) is 0. The zero-order valence-corrected chi connectivity index (χ0v) is 17.6. The van der Waals surface area contributed by atoms with Crippen molar-refractivity contribution in [1.29, 1.82) is 0 Å². The molecule has 1 aliphatic rings. The number of anilines is 2. The van der Waals surface area contributed by atoms with E-state index < -0.39 is 10.0 Å². The molecule has 3 aromatic rings. The van der Waals surface area contributed by atoms with Gasteiger partial charge in [-0.1, -0.05) is 11.6 Å². The van der Waals surface area contributed by atoms with Gasteiger partial charge in [0.05, 0.1) is 29.3 Å². The predicted molar refractivity (Wildman–Crippen MR) is 113 cm³/mol. The molecule has 154 valence electrons. The van der Waals surface area contributed by atoms with Gasteiger partial charge in [-0.25, -0.2) is 13.2 Å². The Hall–Kier alpha value is -2.49. The number of ether oxygens (including phenoxy) is 1. The predicted octanol–water partition coefficient (Wildman–Crippen LogP) is 2.17. The maximum atomic E-state index is 12.9. The van der Waals surface area contributed by atoms with Gasteiger partial charge in [0.15, 0.2) is 0 Å². The minimum atomic E-state index is -3.93. The highest BCUT2D eigenvalue weighted by atomic mass is 35.5. The number of imidazole rings is 1. The van der Waals surface area contributed by atoms with E-state index in [1.807, 2.05) is 12.1 Å². The van der Waals surface area contributed by atoms with E-state index in [-0.39, 0.29) is 15.6 Å². The van der Waals surface area contributed by atoms with Crippen LogP contribution in [0, 0.1) is 0 Å². The number of benzene rings is 2. The Morgan fingerprint density at radius 3 is 2.21 bits per heavy atom. The molecular formula is C19H21ClN4O4S. The fourth-order valence-corrected chi connectivity index (χ4v) is 5.08. The molecule has 0 unspecified atom stereocenters. The molecule has 0 saturated carbocycles. The molecule has 0 atom stereocenters. The van der Waals surface area contributed by atoms with Crippen molar-refractivity contribution in [1.82, 2.24) is 9.13 Å². The molecule has 2 heterocycles. The van der Waals surface area contributed by atoms with Crippen molar-refractivity contribution in [2.75, 3.05) is 35.9 Å². The first-order valence-corrected chi connectivity index (χ1v) is 10.9. The van der Waals surface area contributed by atoms with Crippen LogP contribution in [0.5, 0.6) is 0 Å². The summed E-state index contributed by atoms with van der Waals surface area (Å²) in [5.74, 6) is 0. The zero-order chi connectivity index (χ0) is 20.8. The molecule has 0 spiro atoms. The highest BCUT2D eigenvalue weighted by Gasteiger charge is 2.22. The number of fused-ring (bicyclic) bond motifs is 1. The van der Waals surface area contributed by atoms with Crippen LogP contribution >= 0.6 is 11.6 Å². The zero-order valence-electron chi connectivity index (χ0n) is 16.1. The molecule has 2 aromatic carbocycles. The molecule has 0 amide bonds. The molecule has 1 fully saturated rings. The lowest BCUT2D eigenvalue weighted by Crippen LogP contribution is -2.36. The lowest BCUT2D eigenvalue weighted by Gasteiger charge is -2.28. The van der Waals surface area contributed by atoms with Crippen LogP contribution in [0.15, 0.2) is 46.1 Å². The Morgan fingerprint density at radius 2 is 1.59 bits per heavy atom. The minimum absolute atomic E-state index is 0.0520. The van der Waals surface area contributed by atoms with Gasteiger partial charge in [0, 0.05) is 38.6 Å². The first-order chi connectivity index (χ1) is 13.8. The molecule has 0 radical (unpaired) electrons. The molecule has 0 bridgehead atoms. The normalized spacial score (nSPS) is 15.1. The van der Waals surface area contributed by atoms with Crippen LogP contribution in [-0.4, -0.2) is 43.9 Å². The van der Waals surface area contributed by atoms with Gasteiger partial charge in [0.2, 0.25) is 0 Å². The van der Waals surface area contributed by atoms with E-state index in [4.69, 9.17) is 16.3 Å². The Balaban J connectivity index is 1.64. The van der Waals surface area contributed by atoms with E-state index in [0.29, 0.717) is 29.9 Å². The van der Waals surface area contributed by atoms with Gasteiger partial charge < -0.3 is 9.64 Å². The molecule has 0 aliphatic carbocycles. The van der Waals surface area contributed by atoms with Gasteiger partial charge in [-0.3, -0.25) is 13.9 Å². The number of aryl methyl sites for hydroxylation is 2. The fraction of sp³-hybridized carbons (Fsp3) is 0.316. The summed E-state index contributed by atoms with van der Waals surface area (Å²) in [5, 5.41) is 0.0520. The number of hydrogen-bond acceptors (Lipinski definition) is 5. The second kappa shape index (κ2) is 7.40. The van der Waals surface area contributed by atoms with Gasteiger partial charge in [0.1, 0.15) is 4.90 Å². The number of hydrogen-bond donors (Lipinski definition) is 1. The maximum absolute atomic E-state index is 12.9. The monoisotopic (exact) mass is 436 g/mol. The van der Waals surface area contributed by atoms with E-state index in [2.05, 4.69) is 9.62 Å². The molecule has 1 aliphatic heterocycles. The van der Waals surface area contributed by atoms with Crippen molar-refractivity contribution in [2.45, 2.75) is 4.90 Å². The van der Waals surface area contributed by atoms with Crippen LogP contribution in [0.25, 0.3) is 11.0 Å². The van der Waals surface area contributed by atoms with Gasteiger partial charge >= 0.3 is 5.69 Å². The fourth-order valence-electron chi connectivity index (χ4n) is 3.48. The van der Waals surface area contributed by atoms with Crippen LogP contribution in [0.4, 0.5) is 11.4 Å². The number of aromatic nitrogens is 2. The molecule has 4 rings (SSSR count). The third kappa shape index (κ3) is 3.61. The number of rotatable bonds is 4. The van der Waals surface area contributed by atoms with E-state index in [9.17, 15) is 13.2 Å². The van der Waals surface area contributed by atoms with Crippen LogP contribution in [0.1, 0.15) is 0 Å².